The van der Waals surface area contributed by atoms with Gasteiger partial charge in [-0.3, -0.25) is 5.11 Å². The van der Waals surface area contributed by atoms with Gasteiger partial charge in [0.15, 0.2) is 5.75 Å². The van der Waals surface area contributed by atoms with E-state index < -0.39 is 0 Å². The average Bonchev–Trinajstić information content (AvgIpc) is 2.07. The van der Waals surface area contributed by atoms with E-state index in [-0.39, 0.29) is 11.6 Å². The van der Waals surface area contributed by atoms with Crippen molar-refractivity contribution in [2.45, 2.75) is 0 Å². The molecule has 2 aromatic carbocycles. The van der Waals surface area contributed by atoms with Gasteiger partial charge in [0.05, 0.1) is 0 Å². The van der Waals surface area contributed by atoms with Crippen molar-refractivity contribution in [3.05, 3.63) is 42.2 Å². The number of fused-ring (bicyclic) bond motifs is 1. The molecule has 0 aliphatic carbocycles. The molecule has 0 saturated heterocycles. The maximum atomic E-state index is 12.7. The van der Waals surface area contributed by atoms with Crippen molar-refractivity contribution in [3.8, 4) is 5.75 Å². The third-order valence-corrected chi connectivity index (χ3v) is 1.80. The molecule has 12 heavy (non-hydrogen) atoms. The molecule has 2 heteroatoms. The first-order valence-electron chi connectivity index (χ1n) is 3.63. The minimum atomic E-state index is -0.370. The number of halogens is 1. The fourth-order valence-corrected chi connectivity index (χ4v) is 1.22. The van der Waals surface area contributed by atoms with Gasteiger partial charge in [0, 0.05) is 5.39 Å². The van der Waals surface area contributed by atoms with Gasteiger partial charge in [0.1, 0.15) is 5.82 Å². The Labute approximate surface area is 69.1 Å². The van der Waals surface area contributed by atoms with Crippen LogP contribution in [-0.4, -0.2) is 0 Å². The maximum Gasteiger partial charge on any atom is 0.186 e. The predicted octanol–water partition coefficient (Wildman–Crippen LogP) is 3.12. The Balaban J connectivity index is 2.88. The number of hydrogen-bond donors (Lipinski definition) is 0. The SMILES string of the molecule is [O]c1cccc2ccc(F)cc12. The highest BCUT2D eigenvalue weighted by molar-refractivity contribution is 5.87. The number of hydrogen-bond acceptors (Lipinski definition) is 0. The van der Waals surface area contributed by atoms with Crippen LogP contribution in [0, 0.1) is 5.82 Å². The van der Waals surface area contributed by atoms with Gasteiger partial charge < -0.3 is 0 Å². The van der Waals surface area contributed by atoms with E-state index in [1.165, 1.54) is 18.2 Å². The average molecular weight is 161 g/mol. The number of rotatable bonds is 0. The monoisotopic (exact) mass is 161 g/mol. The van der Waals surface area contributed by atoms with Crippen molar-refractivity contribution < 1.29 is 9.50 Å². The summed E-state index contributed by atoms with van der Waals surface area (Å²) < 4.78 is 12.7. The molecular formula is C10H6FO. The molecule has 2 aromatic rings. The van der Waals surface area contributed by atoms with Crippen LogP contribution in [0.25, 0.3) is 10.8 Å². The molecular weight excluding hydrogens is 155 g/mol. The second-order valence-corrected chi connectivity index (χ2v) is 2.62. The van der Waals surface area contributed by atoms with Crippen LogP contribution < -0.4 is 0 Å². The minimum Gasteiger partial charge on any atom is -0.289 e. The molecule has 0 fully saturated rings. The summed E-state index contributed by atoms with van der Waals surface area (Å²) in [4.78, 5) is 0. The van der Waals surface area contributed by atoms with Gasteiger partial charge in [-0.15, -0.1) is 0 Å². The quantitative estimate of drug-likeness (QED) is 0.565. The van der Waals surface area contributed by atoms with E-state index >= 15 is 0 Å². The molecule has 0 bridgehead atoms. The van der Waals surface area contributed by atoms with Crippen molar-refractivity contribution in [3.63, 3.8) is 0 Å². The van der Waals surface area contributed by atoms with Crippen LogP contribution in [0.5, 0.6) is 5.75 Å². The van der Waals surface area contributed by atoms with E-state index in [1.807, 2.05) is 0 Å². The van der Waals surface area contributed by atoms with Crippen LogP contribution in [0.1, 0.15) is 0 Å². The lowest BCUT2D eigenvalue weighted by atomic mass is 10.1. The highest BCUT2D eigenvalue weighted by Gasteiger charge is 2.00. The first-order chi connectivity index (χ1) is 5.77. The van der Waals surface area contributed by atoms with Gasteiger partial charge in [0.2, 0.25) is 0 Å². The lowest BCUT2D eigenvalue weighted by molar-refractivity contribution is 0.360. The lowest BCUT2D eigenvalue weighted by Gasteiger charge is -1.97. The second-order valence-electron chi connectivity index (χ2n) is 2.62. The standard InChI is InChI=1S/C10H6FO/c11-8-5-4-7-2-1-3-10(12)9(7)6-8/h1-6H. The Morgan fingerprint density at radius 3 is 2.75 bits per heavy atom. The normalized spacial score (nSPS) is 10.4. The van der Waals surface area contributed by atoms with Crippen molar-refractivity contribution in [1.29, 1.82) is 0 Å². The smallest absolute Gasteiger partial charge is 0.186 e. The molecule has 0 aliphatic heterocycles. The molecule has 0 heterocycles. The molecule has 0 atom stereocenters. The minimum absolute atomic E-state index is 0.132. The molecule has 0 aromatic heterocycles. The van der Waals surface area contributed by atoms with Gasteiger partial charge >= 0.3 is 0 Å². The largest absolute Gasteiger partial charge is 0.289 e. The summed E-state index contributed by atoms with van der Waals surface area (Å²) in [7, 11) is 0. The Kier molecular flexibility index (Phi) is 1.47. The fraction of sp³-hybridized carbons (Fsp3) is 0. The summed E-state index contributed by atoms with van der Waals surface area (Å²) in [5.74, 6) is -0.502. The lowest BCUT2D eigenvalue weighted by Crippen LogP contribution is -1.75. The summed E-state index contributed by atoms with van der Waals surface area (Å²) in [6, 6.07) is 9.10. The first kappa shape index (κ1) is 7.10. The van der Waals surface area contributed by atoms with Gasteiger partial charge in [-0.05, 0) is 23.6 Å². The van der Waals surface area contributed by atoms with Crippen LogP contribution in [-0.2, 0) is 5.11 Å². The van der Waals surface area contributed by atoms with Gasteiger partial charge in [-0.1, -0.05) is 18.2 Å². The first-order valence-corrected chi connectivity index (χ1v) is 3.63. The Bertz CT molecular complexity index is 423. The highest BCUT2D eigenvalue weighted by Crippen LogP contribution is 2.24. The third-order valence-electron chi connectivity index (χ3n) is 1.80. The van der Waals surface area contributed by atoms with Gasteiger partial charge in [-0.2, -0.15) is 0 Å². The zero-order chi connectivity index (χ0) is 8.55. The van der Waals surface area contributed by atoms with E-state index in [0.717, 1.165) is 5.39 Å². The van der Waals surface area contributed by atoms with E-state index in [2.05, 4.69) is 0 Å². The van der Waals surface area contributed by atoms with Crippen molar-refractivity contribution in [2.24, 2.45) is 0 Å². The molecule has 0 spiro atoms. The molecule has 1 nitrogen and oxygen atoms in total. The van der Waals surface area contributed by atoms with Crippen LogP contribution in [0.3, 0.4) is 0 Å². The Morgan fingerprint density at radius 1 is 1.08 bits per heavy atom. The summed E-state index contributed by atoms with van der Waals surface area (Å²) in [5, 5.41) is 12.4. The van der Waals surface area contributed by atoms with Crippen molar-refractivity contribution >= 4 is 10.8 Å². The van der Waals surface area contributed by atoms with E-state index in [4.69, 9.17) is 0 Å². The Morgan fingerprint density at radius 2 is 1.92 bits per heavy atom. The van der Waals surface area contributed by atoms with E-state index in [9.17, 15) is 9.50 Å². The van der Waals surface area contributed by atoms with E-state index in [0.29, 0.717) is 5.39 Å². The molecule has 0 saturated carbocycles. The molecule has 0 unspecified atom stereocenters. The van der Waals surface area contributed by atoms with Crippen molar-refractivity contribution in [2.75, 3.05) is 0 Å². The molecule has 0 aliphatic rings. The molecule has 2 rings (SSSR count). The third kappa shape index (κ3) is 1.01. The molecule has 59 valence electrons. The summed E-state index contributed by atoms with van der Waals surface area (Å²) >= 11 is 0. The number of benzene rings is 2. The fourth-order valence-electron chi connectivity index (χ4n) is 1.22. The zero-order valence-corrected chi connectivity index (χ0v) is 6.25. The molecule has 0 amide bonds. The van der Waals surface area contributed by atoms with Crippen molar-refractivity contribution in [1.82, 2.24) is 0 Å². The van der Waals surface area contributed by atoms with Crippen LogP contribution in [0.15, 0.2) is 36.4 Å². The van der Waals surface area contributed by atoms with Crippen LogP contribution in [0.4, 0.5) is 4.39 Å². The maximum absolute atomic E-state index is 12.7. The van der Waals surface area contributed by atoms with Gasteiger partial charge in [-0.25, -0.2) is 4.39 Å². The molecule has 0 N–H and O–H groups in total. The summed E-state index contributed by atoms with van der Waals surface area (Å²) in [6.07, 6.45) is 0. The zero-order valence-electron chi connectivity index (χ0n) is 6.25. The van der Waals surface area contributed by atoms with Crippen LogP contribution in [0.2, 0.25) is 0 Å². The highest BCUT2D eigenvalue weighted by atomic mass is 19.1. The summed E-state index contributed by atoms with van der Waals surface area (Å²) in [6.45, 7) is 0. The van der Waals surface area contributed by atoms with E-state index in [1.54, 1.807) is 18.2 Å². The topological polar surface area (TPSA) is 19.9 Å². The predicted molar refractivity (Wildman–Crippen MR) is 44.0 cm³/mol. The molecule has 1 radical (unpaired) electrons. The van der Waals surface area contributed by atoms with Gasteiger partial charge in [0.25, 0.3) is 0 Å². The second kappa shape index (κ2) is 2.48. The Hall–Kier alpha value is -1.57. The van der Waals surface area contributed by atoms with Crippen LogP contribution >= 0.6 is 0 Å². The summed E-state index contributed by atoms with van der Waals surface area (Å²) in [5.41, 5.74) is 0.